The Balaban J connectivity index is 1.85. The van der Waals surface area contributed by atoms with Crippen molar-refractivity contribution in [3.8, 4) is 0 Å². The molecule has 0 aromatic heterocycles. The number of amides is 1. The number of nitrogens with zero attached hydrogens (tertiary/aromatic N) is 1. The second-order valence-electron chi connectivity index (χ2n) is 5.96. The van der Waals surface area contributed by atoms with Crippen LogP contribution >= 0.6 is 23.2 Å². The maximum absolute atomic E-state index is 10.8. The largest absolute Gasteiger partial charge is 0.465 e. The highest BCUT2D eigenvalue weighted by atomic mass is 35.5. The third-order valence-electron chi connectivity index (χ3n) is 4.46. The van der Waals surface area contributed by atoms with Crippen molar-refractivity contribution in [3.05, 3.63) is 33.3 Å². The number of rotatable bonds is 2. The normalized spacial score (nSPS) is 28.4. The first kappa shape index (κ1) is 15.9. The molecule has 1 unspecified atom stereocenters. The van der Waals surface area contributed by atoms with Crippen LogP contribution in [0.5, 0.6) is 0 Å². The summed E-state index contributed by atoms with van der Waals surface area (Å²) in [6, 6.07) is 3.27. The molecule has 7 heteroatoms. The molecule has 2 aliphatic rings. The van der Waals surface area contributed by atoms with Crippen LogP contribution in [-0.2, 0) is 6.42 Å². The van der Waals surface area contributed by atoms with Gasteiger partial charge in [-0.15, -0.1) is 0 Å². The summed E-state index contributed by atoms with van der Waals surface area (Å²) in [5.41, 5.74) is 1.90. The Kier molecular flexibility index (Phi) is 4.50. The molecule has 3 rings (SSSR count). The van der Waals surface area contributed by atoms with Crippen molar-refractivity contribution < 1.29 is 15.0 Å². The van der Waals surface area contributed by atoms with E-state index >= 15 is 0 Å². The number of hydrogen-bond donors (Lipinski definition) is 3. The molecule has 3 N–H and O–H groups in total. The van der Waals surface area contributed by atoms with Crippen molar-refractivity contribution in [2.75, 3.05) is 13.1 Å². The molecule has 1 aromatic rings. The van der Waals surface area contributed by atoms with E-state index in [4.69, 9.17) is 28.3 Å². The average Bonchev–Trinajstić information content (AvgIpc) is 2.75. The van der Waals surface area contributed by atoms with Crippen LogP contribution in [0, 0.1) is 0 Å². The van der Waals surface area contributed by atoms with E-state index in [-0.39, 0.29) is 12.1 Å². The molecule has 1 saturated heterocycles. The van der Waals surface area contributed by atoms with Crippen molar-refractivity contribution in [2.45, 2.75) is 37.5 Å². The van der Waals surface area contributed by atoms with Gasteiger partial charge in [0, 0.05) is 29.1 Å². The highest BCUT2D eigenvalue weighted by Crippen LogP contribution is 2.42. The lowest BCUT2D eigenvalue weighted by molar-refractivity contribution is 0.0411. The molecule has 0 bridgehead atoms. The molecule has 1 aromatic carbocycles. The third kappa shape index (κ3) is 3.04. The van der Waals surface area contributed by atoms with Crippen LogP contribution < -0.4 is 5.32 Å². The first-order valence-electron chi connectivity index (χ1n) is 7.35. The van der Waals surface area contributed by atoms with Crippen LogP contribution in [0.15, 0.2) is 12.1 Å². The van der Waals surface area contributed by atoms with Gasteiger partial charge in [0.2, 0.25) is 0 Å². The quantitative estimate of drug-likeness (QED) is 0.771. The van der Waals surface area contributed by atoms with E-state index in [1.807, 2.05) is 6.07 Å². The Morgan fingerprint density at radius 3 is 2.86 bits per heavy atom. The standard InChI is InChI=1S/C15H18Cl2N2O3/c16-8-4-11-10(12(17)5-8)6-13(20)14(11)19-3-1-2-9(7-19)18-15(21)22/h4-5,9,13-14,18,20H,1-3,6-7H2,(H,21,22)/t9?,13-,14-/m1/s1. The van der Waals surface area contributed by atoms with E-state index in [0.717, 1.165) is 30.5 Å². The number of benzene rings is 1. The van der Waals surface area contributed by atoms with Crippen LogP contribution in [0.4, 0.5) is 4.79 Å². The van der Waals surface area contributed by atoms with Gasteiger partial charge in [0.25, 0.3) is 0 Å². The smallest absolute Gasteiger partial charge is 0.404 e. The fraction of sp³-hybridized carbons (Fsp3) is 0.533. The van der Waals surface area contributed by atoms with Crippen LogP contribution in [0.1, 0.15) is 30.0 Å². The highest BCUT2D eigenvalue weighted by molar-refractivity contribution is 6.35. The maximum Gasteiger partial charge on any atom is 0.404 e. The molecule has 0 saturated carbocycles. The van der Waals surface area contributed by atoms with Gasteiger partial charge in [-0.3, -0.25) is 4.90 Å². The van der Waals surface area contributed by atoms with Gasteiger partial charge in [-0.2, -0.15) is 0 Å². The fourth-order valence-electron chi connectivity index (χ4n) is 3.62. The molecule has 22 heavy (non-hydrogen) atoms. The Morgan fingerprint density at radius 1 is 1.36 bits per heavy atom. The third-order valence-corrected chi connectivity index (χ3v) is 5.02. The summed E-state index contributed by atoms with van der Waals surface area (Å²) in [4.78, 5) is 13.0. The zero-order chi connectivity index (χ0) is 15.9. The minimum atomic E-state index is -1.01. The first-order valence-corrected chi connectivity index (χ1v) is 8.10. The van der Waals surface area contributed by atoms with E-state index < -0.39 is 12.2 Å². The number of aliphatic hydroxyl groups excluding tert-OH is 1. The lowest BCUT2D eigenvalue weighted by Gasteiger charge is -2.38. The minimum Gasteiger partial charge on any atom is -0.465 e. The number of carbonyl (C=O) groups is 1. The van der Waals surface area contributed by atoms with Gasteiger partial charge in [0.05, 0.1) is 12.1 Å². The molecule has 0 spiro atoms. The van der Waals surface area contributed by atoms with Crippen molar-refractivity contribution in [3.63, 3.8) is 0 Å². The summed E-state index contributed by atoms with van der Waals surface area (Å²) in [6.45, 7) is 1.40. The zero-order valence-electron chi connectivity index (χ0n) is 11.9. The lowest BCUT2D eigenvalue weighted by Crippen LogP contribution is -2.49. The second kappa shape index (κ2) is 6.24. The van der Waals surface area contributed by atoms with Crippen LogP contribution in [0.2, 0.25) is 10.0 Å². The van der Waals surface area contributed by atoms with Gasteiger partial charge in [0.1, 0.15) is 0 Å². The molecule has 0 radical (unpaired) electrons. The average molecular weight is 345 g/mol. The van der Waals surface area contributed by atoms with Gasteiger partial charge < -0.3 is 15.5 Å². The van der Waals surface area contributed by atoms with E-state index in [1.165, 1.54) is 0 Å². The SMILES string of the molecule is O=C(O)NC1CCCN([C@@H]2c3cc(Cl)cc(Cl)c3C[C@H]2O)C1. The van der Waals surface area contributed by atoms with Gasteiger partial charge in [0.15, 0.2) is 0 Å². The topological polar surface area (TPSA) is 72.8 Å². The molecule has 1 heterocycles. The number of aliphatic hydroxyl groups is 1. The molecule has 3 atom stereocenters. The Labute approximate surface area is 138 Å². The zero-order valence-corrected chi connectivity index (χ0v) is 13.4. The molecule has 1 amide bonds. The summed E-state index contributed by atoms with van der Waals surface area (Å²) in [6.07, 6.45) is 0.649. The first-order chi connectivity index (χ1) is 10.5. The summed E-state index contributed by atoms with van der Waals surface area (Å²) >= 11 is 12.3. The number of hydrogen-bond acceptors (Lipinski definition) is 3. The molecule has 1 aliphatic carbocycles. The molecule has 1 fully saturated rings. The fourth-order valence-corrected chi connectivity index (χ4v) is 4.21. The van der Waals surface area contributed by atoms with E-state index in [2.05, 4.69) is 10.2 Å². The van der Waals surface area contributed by atoms with Crippen molar-refractivity contribution in [1.29, 1.82) is 0 Å². The molecule has 5 nitrogen and oxygen atoms in total. The summed E-state index contributed by atoms with van der Waals surface area (Å²) in [5, 5.41) is 23.0. The van der Waals surface area contributed by atoms with Crippen molar-refractivity contribution in [2.24, 2.45) is 0 Å². The van der Waals surface area contributed by atoms with Crippen molar-refractivity contribution >= 4 is 29.3 Å². The van der Waals surface area contributed by atoms with E-state index in [0.29, 0.717) is 23.0 Å². The van der Waals surface area contributed by atoms with Gasteiger partial charge in [-0.25, -0.2) is 4.79 Å². The predicted octanol–water partition coefficient (Wildman–Crippen LogP) is 2.68. The maximum atomic E-state index is 10.8. The lowest BCUT2D eigenvalue weighted by atomic mass is 9.99. The summed E-state index contributed by atoms with van der Waals surface area (Å²) < 4.78 is 0. The number of carboxylic acid groups (broad SMARTS) is 1. The Bertz CT molecular complexity index is 596. The molecule has 1 aliphatic heterocycles. The van der Waals surface area contributed by atoms with Crippen molar-refractivity contribution in [1.82, 2.24) is 10.2 Å². The van der Waals surface area contributed by atoms with E-state index in [9.17, 15) is 9.90 Å². The predicted molar refractivity (Wildman–Crippen MR) is 84.7 cm³/mol. The second-order valence-corrected chi connectivity index (χ2v) is 6.80. The summed E-state index contributed by atoms with van der Waals surface area (Å²) in [7, 11) is 0. The monoisotopic (exact) mass is 344 g/mol. The minimum absolute atomic E-state index is 0.114. The Hall–Kier alpha value is -1.01. The highest BCUT2D eigenvalue weighted by Gasteiger charge is 2.38. The number of likely N-dealkylation sites (tertiary alicyclic amines) is 1. The van der Waals surface area contributed by atoms with Gasteiger partial charge in [-0.05, 0) is 42.6 Å². The number of halogens is 2. The van der Waals surface area contributed by atoms with E-state index in [1.54, 1.807) is 6.07 Å². The van der Waals surface area contributed by atoms with Gasteiger partial charge >= 0.3 is 6.09 Å². The van der Waals surface area contributed by atoms with Crippen LogP contribution in [0.25, 0.3) is 0 Å². The molecular weight excluding hydrogens is 327 g/mol. The van der Waals surface area contributed by atoms with Crippen LogP contribution in [-0.4, -0.2) is 46.4 Å². The summed E-state index contributed by atoms with van der Waals surface area (Å²) in [5.74, 6) is 0. The van der Waals surface area contributed by atoms with Gasteiger partial charge in [-0.1, -0.05) is 23.2 Å². The molecular formula is C15H18Cl2N2O3. The Morgan fingerprint density at radius 2 is 2.14 bits per heavy atom. The molecule has 120 valence electrons. The number of piperidine rings is 1. The number of nitrogens with one attached hydrogen (secondary N) is 1. The number of fused-ring (bicyclic) bond motifs is 1. The van der Waals surface area contributed by atoms with Crippen LogP contribution in [0.3, 0.4) is 0 Å².